The summed E-state index contributed by atoms with van der Waals surface area (Å²) in [6.45, 7) is 10.5. The monoisotopic (exact) mass is 301 g/mol. The molecule has 0 spiro atoms. The lowest BCUT2D eigenvalue weighted by atomic mass is 10.2. The second-order valence-corrected chi connectivity index (χ2v) is 6.78. The summed E-state index contributed by atoms with van der Waals surface area (Å²) in [7, 11) is 0. The third kappa shape index (κ3) is 5.14. The molecule has 2 aromatic rings. The maximum atomic E-state index is 4.45. The molecule has 1 N–H and O–H groups in total. The van der Waals surface area contributed by atoms with Gasteiger partial charge in [0.1, 0.15) is 0 Å². The molecule has 0 atom stereocenters. The minimum atomic E-state index is 0.657. The lowest BCUT2D eigenvalue weighted by Gasteiger charge is -2.08. The molecule has 0 amide bonds. The standard InChI is InChI=1S/C17H23N3S/c1-12(2)8-18-9-15-10-19-17(20-11-15)21-16-7-13(3)5-6-14(16)4/h5-7,10-12,18H,8-9H2,1-4H3. The molecule has 0 unspecified atom stereocenters. The highest BCUT2D eigenvalue weighted by atomic mass is 32.2. The number of nitrogens with zero attached hydrogens (tertiary/aromatic N) is 2. The van der Waals surface area contributed by atoms with Crippen molar-refractivity contribution in [2.45, 2.75) is 44.3 Å². The largest absolute Gasteiger partial charge is 0.312 e. The quantitative estimate of drug-likeness (QED) is 0.819. The van der Waals surface area contributed by atoms with Crippen LogP contribution < -0.4 is 5.32 Å². The summed E-state index contributed by atoms with van der Waals surface area (Å²) in [6, 6.07) is 6.45. The van der Waals surface area contributed by atoms with Crippen LogP contribution in [-0.4, -0.2) is 16.5 Å². The van der Waals surface area contributed by atoms with Gasteiger partial charge in [0.15, 0.2) is 5.16 Å². The molecule has 2 rings (SSSR count). The Kier molecular flexibility index (Phi) is 5.76. The summed E-state index contributed by atoms with van der Waals surface area (Å²) >= 11 is 1.62. The van der Waals surface area contributed by atoms with E-state index < -0.39 is 0 Å². The molecule has 0 saturated heterocycles. The third-order valence-electron chi connectivity index (χ3n) is 3.11. The number of hydrogen-bond donors (Lipinski definition) is 1. The highest BCUT2D eigenvalue weighted by molar-refractivity contribution is 7.99. The van der Waals surface area contributed by atoms with E-state index in [1.165, 1.54) is 16.0 Å². The molecule has 0 aliphatic heterocycles. The van der Waals surface area contributed by atoms with Crippen molar-refractivity contribution in [1.82, 2.24) is 15.3 Å². The highest BCUT2D eigenvalue weighted by Crippen LogP contribution is 2.28. The maximum Gasteiger partial charge on any atom is 0.192 e. The Morgan fingerprint density at radius 3 is 2.52 bits per heavy atom. The van der Waals surface area contributed by atoms with E-state index in [0.29, 0.717) is 5.92 Å². The van der Waals surface area contributed by atoms with Gasteiger partial charge in [0.25, 0.3) is 0 Å². The molecule has 1 aromatic carbocycles. The first-order valence-electron chi connectivity index (χ1n) is 7.31. The fourth-order valence-electron chi connectivity index (χ4n) is 1.91. The number of rotatable bonds is 6. The van der Waals surface area contributed by atoms with E-state index in [4.69, 9.17) is 0 Å². The normalized spacial score (nSPS) is 11.1. The lowest BCUT2D eigenvalue weighted by Crippen LogP contribution is -2.19. The zero-order valence-corrected chi connectivity index (χ0v) is 14.0. The van der Waals surface area contributed by atoms with E-state index >= 15 is 0 Å². The van der Waals surface area contributed by atoms with E-state index in [1.807, 2.05) is 12.4 Å². The molecule has 21 heavy (non-hydrogen) atoms. The first-order valence-corrected chi connectivity index (χ1v) is 8.13. The minimum Gasteiger partial charge on any atom is -0.312 e. The van der Waals surface area contributed by atoms with Gasteiger partial charge in [-0.3, -0.25) is 0 Å². The van der Waals surface area contributed by atoms with Gasteiger partial charge in [0.2, 0.25) is 0 Å². The van der Waals surface area contributed by atoms with Crippen LogP contribution in [0.1, 0.15) is 30.5 Å². The van der Waals surface area contributed by atoms with Gasteiger partial charge >= 0.3 is 0 Å². The highest BCUT2D eigenvalue weighted by Gasteiger charge is 2.04. The molecule has 112 valence electrons. The van der Waals surface area contributed by atoms with Crippen LogP contribution in [0.5, 0.6) is 0 Å². The van der Waals surface area contributed by atoms with Gasteiger partial charge in [-0.15, -0.1) is 0 Å². The molecule has 0 bridgehead atoms. The summed E-state index contributed by atoms with van der Waals surface area (Å²) in [5.41, 5.74) is 3.65. The Morgan fingerprint density at radius 1 is 1.14 bits per heavy atom. The van der Waals surface area contributed by atoms with E-state index in [1.54, 1.807) is 11.8 Å². The van der Waals surface area contributed by atoms with Gasteiger partial charge in [0.05, 0.1) is 0 Å². The van der Waals surface area contributed by atoms with E-state index in [0.717, 1.165) is 23.8 Å². The summed E-state index contributed by atoms with van der Waals surface area (Å²) in [5, 5.41) is 4.20. The van der Waals surface area contributed by atoms with Gasteiger partial charge in [0, 0.05) is 29.4 Å². The number of aryl methyl sites for hydroxylation is 2. The SMILES string of the molecule is Cc1ccc(C)c(Sc2ncc(CNCC(C)C)cn2)c1. The van der Waals surface area contributed by atoms with Crippen LogP contribution in [0.15, 0.2) is 40.6 Å². The average Bonchev–Trinajstić information content (AvgIpc) is 2.44. The predicted molar refractivity (Wildman–Crippen MR) is 88.6 cm³/mol. The Bertz CT molecular complexity index is 579. The molecule has 0 radical (unpaired) electrons. The number of nitrogens with one attached hydrogen (secondary N) is 1. The van der Waals surface area contributed by atoms with Crippen LogP contribution in [0.25, 0.3) is 0 Å². The predicted octanol–water partition coefficient (Wildman–Crippen LogP) is 3.99. The first kappa shape index (κ1) is 16.0. The summed E-state index contributed by atoms with van der Waals surface area (Å²) in [5.74, 6) is 0.657. The average molecular weight is 301 g/mol. The van der Waals surface area contributed by atoms with Crippen molar-refractivity contribution in [3.05, 3.63) is 47.3 Å². The Labute approximate surface area is 131 Å². The Balaban J connectivity index is 1.97. The molecule has 1 aromatic heterocycles. The molecular weight excluding hydrogens is 278 g/mol. The summed E-state index contributed by atoms with van der Waals surface area (Å²) in [6.07, 6.45) is 3.82. The molecule has 0 saturated carbocycles. The van der Waals surface area contributed by atoms with E-state index in [9.17, 15) is 0 Å². The van der Waals surface area contributed by atoms with Crippen molar-refractivity contribution in [1.29, 1.82) is 0 Å². The Hall–Kier alpha value is -1.39. The smallest absolute Gasteiger partial charge is 0.192 e. The molecule has 3 nitrogen and oxygen atoms in total. The Morgan fingerprint density at radius 2 is 1.86 bits per heavy atom. The summed E-state index contributed by atoms with van der Waals surface area (Å²) in [4.78, 5) is 10.1. The van der Waals surface area contributed by atoms with Crippen molar-refractivity contribution < 1.29 is 0 Å². The van der Waals surface area contributed by atoms with Gasteiger partial charge in [-0.25, -0.2) is 9.97 Å². The number of hydrogen-bond acceptors (Lipinski definition) is 4. The second-order valence-electron chi connectivity index (χ2n) is 5.77. The van der Waals surface area contributed by atoms with Gasteiger partial charge < -0.3 is 5.32 Å². The number of aromatic nitrogens is 2. The van der Waals surface area contributed by atoms with Crippen LogP contribution in [0.2, 0.25) is 0 Å². The first-order chi connectivity index (χ1) is 10.0. The van der Waals surface area contributed by atoms with Crippen LogP contribution in [0.4, 0.5) is 0 Å². The molecule has 0 fully saturated rings. The van der Waals surface area contributed by atoms with Crippen molar-refractivity contribution in [3.63, 3.8) is 0 Å². The zero-order valence-electron chi connectivity index (χ0n) is 13.2. The molecule has 4 heteroatoms. The summed E-state index contributed by atoms with van der Waals surface area (Å²) < 4.78 is 0. The number of benzene rings is 1. The van der Waals surface area contributed by atoms with Crippen molar-refractivity contribution in [2.24, 2.45) is 5.92 Å². The molecule has 0 aliphatic carbocycles. The van der Waals surface area contributed by atoms with Crippen molar-refractivity contribution >= 4 is 11.8 Å². The van der Waals surface area contributed by atoms with E-state index in [2.05, 4.69) is 61.2 Å². The van der Waals surface area contributed by atoms with Gasteiger partial charge in [-0.1, -0.05) is 26.0 Å². The fourth-order valence-corrected chi connectivity index (χ4v) is 2.79. The van der Waals surface area contributed by atoms with Crippen molar-refractivity contribution in [3.8, 4) is 0 Å². The third-order valence-corrected chi connectivity index (χ3v) is 4.16. The maximum absolute atomic E-state index is 4.45. The molecule has 1 heterocycles. The van der Waals surface area contributed by atoms with Crippen LogP contribution in [-0.2, 0) is 6.54 Å². The minimum absolute atomic E-state index is 0.657. The van der Waals surface area contributed by atoms with Crippen LogP contribution >= 0.6 is 11.8 Å². The topological polar surface area (TPSA) is 37.8 Å². The zero-order chi connectivity index (χ0) is 15.2. The van der Waals surface area contributed by atoms with E-state index in [-0.39, 0.29) is 0 Å². The van der Waals surface area contributed by atoms with Gasteiger partial charge in [-0.2, -0.15) is 0 Å². The van der Waals surface area contributed by atoms with Crippen LogP contribution in [0.3, 0.4) is 0 Å². The molecule has 0 aliphatic rings. The van der Waals surface area contributed by atoms with Crippen molar-refractivity contribution in [2.75, 3.05) is 6.54 Å². The lowest BCUT2D eigenvalue weighted by molar-refractivity contribution is 0.550. The van der Waals surface area contributed by atoms with Gasteiger partial charge in [-0.05, 0) is 55.3 Å². The second kappa shape index (κ2) is 7.57. The fraction of sp³-hybridized carbons (Fsp3) is 0.412. The van der Waals surface area contributed by atoms with Crippen LogP contribution in [0, 0.1) is 19.8 Å². The molecular formula is C17H23N3S.